The van der Waals surface area contributed by atoms with Crippen molar-refractivity contribution in [2.24, 2.45) is 0 Å². The lowest BCUT2D eigenvalue weighted by Gasteiger charge is -2.13. The SMILES string of the molecule is O=P(O)(O)Oc1cc2cc[nH]c2cc1OP(=O)(O)O. The summed E-state index contributed by atoms with van der Waals surface area (Å²) in [5.41, 5.74) is 0.460. The van der Waals surface area contributed by atoms with Crippen molar-refractivity contribution in [3.63, 3.8) is 0 Å². The Bertz CT molecular complexity index is 640. The third kappa shape index (κ3) is 3.81. The van der Waals surface area contributed by atoms with Gasteiger partial charge >= 0.3 is 15.6 Å². The highest BCUT2D eigenvalue weighted by Gasteiger charge is 2.24. The van der Waals surface area contributed by atoms with Crippen molar-refractivity contribution < 1.29 is 37.8 Å². The molecule has 0 saturated heterocycles. The maximum atomic E-state index is 10.8. The third-order valence-electron chi connectivity index (χ3n) is 2.05. The van der Waals surface area contributed by atoms with Crippen molar-refractivity contribution in [2.45, 2.75) is 0 Å². The normalized spacial score (nSPS) is 12.6. The predicted octanol–water partition coefficient (Wildman–Crippen LogP) is 1.11. The molecule has 9 nitrogen and oxygen atoms in total. The average Bonchev–Trinajstić information content (AvgIpc) is 2.60. The summed E-state index contributed by atoms with van der Waals surface area (Å²) in [6, 6.07) is 3.94. The van der Waals surface area contributed by atoms with Crippen molar-refractivity contribution in [3.8, 4) is 11.5 Å². The molecule has 0 amide bonds. The van der Waals surface area contributed by atoms with Crippen LogP contribution in [0.5, 0.6) is 11.5 Å². The second kappa shape index (κ2) is 4.64. The number of aromatic nitrogens is 1. The van der Waals surface area contributed by atoms with Crippen LogP contribution < -0.4 is 9.05 Å². The first-order chi connectivity index (χ1) is 8.64. The van der Waals surface area contributed by atoms with Crippen LogP contribution in [0.15, 0.2) is 24.4 Å². The van der Waals surface area contributed by atoms with Crippen LogP contribution in [0.25, 0.3) is 10.9 Å². The first-order valence-electron chi connectivity index (χ1n) is 4.75. The number of nitrogens with one attached hydrogen (secondary N) is 1. The molecular weight excluding hydrogens is 300 g/mol. The van der Waals surface area contributed by atoms with Crippen LogP contribution in [0.2, 0.25) is 0 Å². The van der Waals surface area contributed by atoms with E-state index in [4.69, 9.17) is 19.6 Å². The number of benzene rings is 1. The van der Waals surface area contributed by atoms with E-state index in [9.17, 15) is 9.13 Å². The summed E-state index contributed by atoms with van der Waals surface area (Å²) >= 11 is 0. The molecule has 0 aliphatic heterocycles. The van der Waals surface area contributed by atoms with Gasteiger partial charge in [0, 0.05) is 23.2 Å². The van der Waals surface area contributed by atoms with Crippen LogP contribution in [0.4, 0.5) is 0 Å². The van der Waals surface area contributed by atoms with Gasteiger partial charge in [-0.2, -0.15) is 0 Å². The van der Waals surface area contributed by atoms with Crippen molar-refractivity contribution in [1.29, 1.82) is 0 Å². The van der Waals surface area contributed by atoms with E-state index in [-0.39, 0.29) is 0 Å². The van der Waals surface area contributed by atoms with E-state index in [1.807, 2.05) is 0 Å². The van der Waals surface area contributed by atoms with Gasteiger partial charge in [0.1, 0.15) is 0 Å². The molecule has 11 heteroatoms. The zero-order chi connectivity index (χ0) is 14.3. The molecule has 19 heavy (non-hydrogen) atoms. The number of hydrogen-bond acceptors (Lipinski definition) is 4. The standard InChI is InChI=1S/C8H9NO8P2/c10-18(11,12)16-7-3-5-1-2-9-6(5)4-8(7)17-19(13,14)15/h1-4,9H,(H2,10,11,12)(H2,13,14,15). The Hall–Kier alpha value is -1.34. The molecule has 0 fully saturated rings. The van der Waals surface area contributed by atoms with Gasteiger partial charge in [-0.1, -0.05) is 0 Å². The van der Waals surface area contributed by atoms with Gasteiger partial charge in [-0.05, 0) is 12.1 Å². The summed E-state index contributed by atoms with van der Waals surface area (Å²) in [5, 5.41) is 0.529. The van der Waals surface area contributed by atoms with E-state index < -0.39 is 27.1 Å². The fraction of sp³-hybridized carbons (Fsp3) is 0. The van der Waals surface area contributed by atoms with E-state index in [0.29, 0.717) is 10.9 Å². The molecule has 0 saturated carbocycles. The molecule has 0 aliphatic rings. The molecule has 0 unspecified atom stereocenters. The van der Waals surface area contributed by atoms with Gasteiger partial charge in [0.2, 0.25) is 0 Å². The molecule has 1 heterocycles. The number of phosphoric acid groups is 2. The molecule has 1 aromatic heterocycles. The topological polar surface area (TPSA) is 149 Å². The molecule has 2 rings (SSSR count). The van der Waals surface area contributed by atoms with E-state index in [1.54, 1.807) is 6.07 Å². The number of hydrogen-bond donors (Lipinski definition) is 5. The zero-order valence-electron chi connectivity index (χ0n) is 9.13. The summed E-state index contributed by atoms with van der Waals surface area (Å²) in [7, 11) is -9.77. The summed E-state index contributed by atoms with van der Waals surface area (Å²) < 4.78 is 30.3. The largest absolute Gasteiger partial charge is 0.524 e. The highest BCUT2D eigenvalue weighted by molar-refractivity contribution is 7.47. The minimum Gasteiger partial charge on any atom is -0.400 e. The summed E-state index contributed by atoms with van der Waals surface area (Å²) in [6.45, 7) is 0. The van der Waals surface area contributed by atoms with E-state index in [1.165, 1.54) is 18.3 Å². The maximum Gasteiger partial charge on any atom is 0.524 e. The Morgan fingerprint density at radius 1 is 0.947 bits per heavy atom. The van der Waals surface area contributed by atoms with E-state index in [2.05, 4.69) is 14.0 Å². The molecule has 104 valence electrons. The highest BCUT2D eigenvalue weighted by atomic mass is 31.2. The molecular formula is C8H9NO8P2. The molecule has 0 spiro atoms. The second-order valence-corrected chi connectivity index (χ2v) is 5.86. The Labute approximate surface area is 106 Å². The van der Waals surface area contributed by atoms with Crippen LogP contribution in [0, 0.1) is 0 Å². The molecule has 0 radical (unpaired) electrons. The predicted molar refractivity (Wildman–Crippen MR) is 63.6 cm³/mol. The number of fused-ring (bicyclic) bond motifs is 1. The lowest BCUT2D eigenvalue weighted by Crippen LogP contribution is -1.96. The van der Waals surface area contributed by atoms with Gasteiger partial charge < -0.3 is 14.0 Å². The lowest BCUT2D eigenvalue weighted by atomic mass is 10.2. The molecule has 5 N–H and O–H groups in total. The minimum absolute atomic E-state index is 0.460. The minimum atomic E-state index is -4.89. The van der Waals surface area contributed by atoms with Gasteiger partial charge in [0.15, 0.2) is 11.5 Å². The van der Waals surface area contributed by atoms with Crippen molar-refractivity contribution in [2.75, 3.05) is 0 Å². The summed E-state index contributed by atoms with van der Waals surface area (Å²) in [4.78, 5) is 37.7. The summed E-state index contributed by atoms with van der Waals surface area (Å²) in [5.74, 6) is -0.949. The lowest BCUT2D eigenvalue weighted by molar-refractivity contribution is 0.264. The fourth-order valence-electron chi connectivity index (χ4n) is 1.46. The fourth-order valence-corrected chi connectivity index (χ4v) is 2.26. The third-order valence-corrected chi connectivity index (χ3v) is 2.92. The van der Waals surface area contributed by atoms with Crippen LogP contribution in [0.3, 0.4) is 0 Å². The zero-order valence-corrected chi connectivity index (χ0v) is 10.9. The van der Waals surface area contributed by atoms with E-state index in [0.717, 1.165) is 0 Å². The smallest absolute Gasteiger partial charge is 0.400 e. The van der Waals surface area contributed by atoms with Crippen LogP contribution in [-0.2, 0) is 9.13 Å². The maximum absolute atomic E-state index is 10.8. The van der Waals surface area contributed by atoms with Crippen LogP contribution >= 0.6 is 15.6 Å². The van der Waals surface area contributed by atoms with Crippen LogP contribution in [-0.4, -0.2) is 24.6 Å². The number of H-pyrrole nitrogens is 1. The number of aromatic amines is 1. The quantitative estimate of drug-likeness (QED) is 0.527. The highest BCUT2D eigenvalue weighted by Crippen LogP contribution is 2.48. The Kier molecular flexibility index (Phi) is 3.44. The van der Waals surface area contributed by atoms with Gasteiger partial charge in [-0.25, -0.2) is 9.13 Å². The second-order valence-electron chi connectivity index (χ2n) is 3.53. The van der Waals surface area contributed by atoms with Gasteiger partial charge in [0.05, 0.1) is 0 Å². The Balaban J connectivity index is 2.53. The molecule has 2 aromatic rings. The summed E-state index contributed by atoms with van der Waals surface area (Å²) in [6.07, 6.45) is 1.53. The average molecular weight is 309 g/mol. The Morgan fingerprint density at radius 2 is 1.47 bits per heavy atom. The van der Waals surface area contributed by atoms with Crippen molar-refractivity contribution >= 4 is 26.5 Å². The van der Waals surface area contributed by atoms with Crippen molar-refractivity contribution in [1.82, 2.24) is 4.98 Å². The number of phosphoric ester groups is 2. The monoisotopic (exact) mass is 309 g/mol. The first-order valence-corrected chi connectivity index (χ1v) is 7.81. The van der Waals surface area contributed by atoms with Gasteiger partial charge in [-0.3, -0.25) is 19.6 Å². The molecule has 1 aromatic carbocycles. The first kappa shape index (κ1) is 14.1. The number of rotatable bonds is 4. The Morgan fingerprint density at radius 3 is 2.00 bits per heavy atom. The molecule has 0 bridgehead atoms. The van der Waals surface area contributed by atoms with Gasteiger partial charge in [-0.15, -0.1) is 0 Å². The molecule has 0 aliphatic carbocycles. The van der Waals surface area contributed by atoms with Crippen molar-refractivity contribution in [3.05, 3.63) is 24.4 Å². The van der Waals surface area contributed by atoms with Gasteiger partial charge in [0.25, 0.3) is 0 Å². The van der Waals surface area contributed by atoms with E-state index >= 15 is 0 Å². The molecule has 0 atom stereocenters. The van der Waals surface area contributed by atoms with Crippen LogP contribution in [0.1, 0.15) is 0 Å².